The van der Waals surface area contributed by atoms with Crippen LogP contribution in [0.2, 0.25) is 0 Å². The molecule has 1 aliphatic carbocycles. The zero-order valence-corrected chi connectivity index (χ0v) is 12.3. The van der Waals surface area contributed by atoms with E-state index < -0.39 is 0 Å². The van der Waals surface area contributed by atoms with Crippen LogP contribution in [-0.2, 0) is 0 Å². The molecule has 1 nitrogen and oxygen atoms in total. The molecule has 1 aromatic heterocycles. The Bertz CT molecular complexity index is 766. The highest BCUT2D eigenvalue weighted by Crippen LogP contribution is 2.35. The van der Waals surface area contributed by atoms with Gasteiger partial charge in [0.05, 0.1) is 5.69 Å². The Hall–Kier alpha value is -2.80. The monoisotopic (exact) mass is 283 g/mol. The van der Waals surface area contributed by atoms with Crippen LogP contribution >= 0.6 is 0 Å². The van der Waals surface area contributed by atoms with E-state index in [1.54, 1.807) is 0 Å². The topological polar surface area (TPSA) is 15.8 Å². The highest BCUT2D eigenvalue weighted by Gasteiger charge is 2.17. The van der Waals surface area contributed by atoms with E-state index in [1.165, 1.54) is 33.5 Å². The normalized spacial score (nSPS) is 13.8. The second kappa shape index (κ2) is 5.53. The van der Waals surface area contributed by atoms with Crippen LogP contribution in [0.1, 0.15) is 28.8 Å². The van der Waals surface area contributed by atoms with Gasteiger partial charge in [-0.2, -0.15) is 0 Å². The zero-order chi connectivity index (χ0) is 14.8. The number of aromatic nitrogens is 1. The van der Waals surface area contributed by atoms with Gasteiger partial charge >= 0.3 is 0 Å². The lowest BCUT2D eigenvalue weighted by molar-refractivity contribution is 1.33. The number of rotatable bonds is 2. The van der Waals surface area contributed by atoms with Crippen molar-refractivity contribution in [1.82, 2.24) is 4.98 Å². The first kappa shape index (κ1) is 12.9. The van der Waals surface area contributed by atoms with Crippen LogP contribution in [0.15, 0.2) is 85.1 Å². The molecule has 22 heavy (non-hydrogen) atoms. The van der Waals surface area contributed by atoms with Gasteiger partial charge in [-0.3, -0.25) is 0 Å². The first-order chi connectivity index (χ1) is 10.9. The summed E-state index contributed by atoms with van der Waals surface area (Å²) >= 11 is 0. The minimum atomic E-state index is 0.941. The van der Waals surface area contributed by atoms with E-state index in [1.807, 2.05) is 6.20 Å². The Morgan fingerprint density at radius 3 is 1.91 bits per heavy atom. The van der Waals surface area contributed by atoms with E-state index in [-0.39, 0.29) is 0 Å². The van der Waals surface area contributed by atoms with Crippen molar-refractivity contribution < 1.29 is 0 Å². The maximum absolute atomic E-state index is 3.44. The molecule has 0 atom stereocenters. The fourth-order valence-corrected chi connectivity index (χ4v) is 3.09. The predicted octanol–water partition coefficient (Wildman–Crippen LogP) is 5.28. The fourth-order valence-electron chi connectivity index (χ4n) is 3.09. The van der Waals surface area contributed by atoms with E-state index in [0.29, 0.717) is 0 Å². The van der Waals surface area contributed by atoms with Crippen LogP contribution in [0.5, 0.6) is 0 Å². The van der Waals surface area contributed by atoms with Gasteiger partial charge in [0.15, 0.2) is 0 Å². The van der Waals surface area contributed by atoms with Crippen LogP contribution in [-0.4, -0.2) is 4.98 Å². The Morgan fingerprint density at radius 1 is 0.636 bits per heavy atom. The van der Waals surface area contributed by atoms with Crippen LogP contribution in [0.3, 0.4) is 0 Å². The molecule has 4 rings (SSSR count). The summed E-state index contributed by atoms with van der Waals surface area (Å²) in [4.78, 5) is 3.44. The smallest absolute Gasteiger partial charge is 0.0536 e. The third-order valence-corrected chi connectivity index (χ3v) is 4.12. The summed E-state index contributed by atoms with van der Waals surface area (Å²) < 4.78 is 0. The van der Waals surface area contributed by atoms with Crippen LogP contribution in [0.4, 0.5) is 0 Å². The molecule has 106 valence electrons. The summed E-state index contributed by atoms with van der Waals surface area (Å²) in [7, 11) is 0. The fraction of sp³-hybridized carbons (Fsp3) is 0.0476. The van der Waals surface area contributed by atoms with Gasteiger partial charge in [-0.15, -0.1) is 0 Å². The molecule has 1 heteroatoms. The number of allylic oxidation sites excluding steroid dienone is 2. The summed E-state index contributed by atoms with van der Waals surface area (Å²) in [6.45, 7) is 0. The number of hydrogen-bond donors (Lipinski definition) is 1. The quantitative estimate of drug-likeness (QED) is 0.658. The molecule has 0 fully saturated rings. The van der Waals surface area contributed by atoms with Gasteiger partial charge in [0.25, 0.3) is 0 Å². The van der Waals surface area contributed by atoms with E-state index >= 15 is 0 Å². The summed E-state index contributed by atoms with van der Waals surface area (Å²) in [5.41, 5.74) is 7.60. The summed E-state index contributed by atoms with van der Waals surface area (Å²) in [5.74, 6) is 0. The molecule has 1 N–H and O–H groups in total. The number of hydrogen-bond acceptors (Lipinski definition) is 0. The molecule has 0 bridgehead atoms. The Labute approximate surface area is 130 Å². The highest BCUT2D eigenvalue weighted by molar-refractivity contribution is 5.91. The van der Waals surface area contributed by atoms with E-state index in [9.17, 15) is 0 Å². The Kier molecular flexibility index (Phi) is 3.24. The van der Waals surface area contributed by atoms with Crippen molar-refractivity contribution in [2.45, 2.75) is 6.42 Å². The lowest BCUT2D eigenvalue weighted by Gasteiger charge is -2.10. The van der Waals surface area contributed by atoms with E-state index in [4.69, 9.17) is 0 Å². The largest absolute Gasteiger partial charge is 0.361 e. The van der Waals surface area contributed by atoms with Crippen molar-refractivity contribution in [2.24, 2.45) is 0 Å². The predicted molar refractivity (Wildman–Crippen MR) is 92.5 cm³/mol. The van der Waals surface area contributed by atoms with Crippen molar-refractivity contribution >= 4 is 11.1 Å². The third-order valence-electron chi connectivity index (χ3n) is 4.12. The molecule has 2 aromatic carbocycles. The number of H-pyrrole nitrogens is 1. The first-order valence-corrected chi connectivity index (χ1v) is 7.63. The van der Waals surface area contributed by atoms with E-state index in [2.05, 4.69) is 83.9 Å². The minimum absolute atomic E-state index is 0.941. The molecule has 0 saturated carbocycles. The zero-order valence-electron chi connectivity index (χ0n) is 12.3. The molecule has 0 saturated heterocycles. The number of nitrogens with one attached hydrogen (secondary N) is 1. The van der Waals surface area contributed by atoms with Crippen LogP contribution < -0.4 is 0 Å². The van der Waals surface area contributed by atoms with Crippen molar-refractivity contribution in [3.63, 3.8) is 0 Å². The molecule has 0 aliphatic heterocycles. The minimum Gasteiger partial charge on any atom is -0.361 e. The molecule has 0 spiro atoms. The second-order valence-corrected chi connectivity index (χ2v) is 5.47. The Morgan fingerprint density at radius 2 is 1.23 bits per heavy atom. The summed E-state index contributed by atoms with van der Waals surface area (Å²) in [5, 5.41) is 0. The molecule has 3 aromatic rings. The van der Waals surface area contributed by atoms with Gasteiger partial charge in [0, 0.05) is 17.3 Å². The molecular weight excluding hydrogens is 266 g/mol. The lowest BCUT2D eigenvalue weighted by atomic mass is 9.95. The Balaban J connectivity index is 1.84. The van der Waals surface area contributed by atoms with Crippen LogP contribution in [0, 0.1) is 0 Å². The van der Waals surface area contributed by atoms with Gasteiger partial charge in [-0.05, 0) is 29.2 Å². The number of fused-ring (bicyclic) bond motifs is 1. The number of aromatic amines is 1. The summed E-state index contributed by atoms with van der Waals surface area (Å²) in [6.07, 6.45) is 7.60. The van der Waals surface area contributed by atoms with Crippen molar-refractivity contribution in [1.29, 1.82) is 0 Å². The lowest BCUT2D eigenvalue weighted by Crippen LogP contribution is -1.93. The van der Waals surface area contributed by atoms with Crippen LogP contribution in [0.25, 0.3) is 11.1 Å². The van der Waals surface area contributed by atoms with Crippen molar-refractivity contribution in [2.75, 3.05) is 0 Å². The molecule has 1 aliphatic rings. The van der Waals surface area contributed by atoms with Gasteiger partial charge in [0.2, 0.25) is 0 Å². The number of benzene rings is 2. The van der Waals surface area contributed by atoms with Gasteiger partial charge in [-0.1, -0.05) is 72.8 Å². The standard InChI is InChI=1S/C21H17N/c1-3-8-16(9-4-1)18-12-7-13-19(17-10-5-2-6-11-17)21-20(18)14-15-22-21/h1-6,8-15,22H,7H2. The maximum atomic E-state index is 3.44. The molecule has 1 heterocycles. The SMILES string of the molecule is C1=C(c2ccccc2)c2cc[nH]c2C(c2ccccc2)=CC1. The molecule has 0 radical (unpaired) electrons. The van der Waals surface area contributed by atoms with Crippen molar-refractivity contribution in [3.8, 4) is 0 Å². The van der Waals surface area contributed by atoms with Crippen molar-refractivity contribution in [3.05, 3.63) is 107 Å². The molecular formula is C21H17N. The average molecular weight is 283 g/mol. The first-order valence-electron chi connectivity index (χ1n) is 7.63. The maximum Gasteiger partial charge on any atom is 0.0536 e. The van der Waals surface area contributed by atoms with E-state index in [0.717, 1.165) is 6.42 Å². The summed E-state index contributed by atoms with van der Waals surface area (Å²) in [6, 6.07) is 23.4. The van der Waals surface area contributed by atoms with Gasteiger partial charge in [-0.25, -0.2) is 0 Å². The highest BCUT2D eigenvalue weighted by atomic mass is 14.7. The molecule has 0 unspecified atom stereocenters. The van der Waals surface area contributed by atoms with Gasteiger partial charge in [0.1, 0.15) is 0 Å². The third kappa shape index (κ3) is 2.21. The molecule has 0 amide bonds. The second-order valence-electron chi connectivity index (χ2n) is 5.47. The van der Waals surface area contributed by atoms with Gasteiger partial charge < -0.3 is 4.98 Å². The average Bonchev–Trinajstić information content (AvgIpc) is 2.98.